The Balaban J connectivity index is 1.69. The Morgan fingerprint density at radius 2 is 1.81 bits per heavy atom. The average Bonchev–Trinajstić information content (AvgIpc) is 3.00. The zero-order chi connectivity index (χ0) is 18.5. The number of para-hydroxylation sites is 1. The van der Waals surface area contributed by atoms with Gasteiger partial charge in [0, 0.05) is 22.8 Å². The average molecular weight is 378 g/mol. The van der Waals surface area contributed by atoms with Gasteiger partial charge in [-0.05, 0) is 24.3 Å². The van der Waals surface area contributed by atoms with E-state index in [1.54, 1.807) is 24.3 Å². The Morgan fingerprint density at radius 3 is 2.58 bits per heavy atom. The van der Waals surface area contributed by atoms with Gasteiger partial charge in [-0.1, -0.05) is 18.2 Å². The number of rotatable bonds is 7. The van der Waals surface area contributed by atoms with Crippen molar-refractivity contribution in [1.82, 2.24) is 0 Å². The molecule has 0 aliphatic carbocycles. The van der Waals surface area contributed by atoms with Crippen molar-refractivity contribution in [3.63, 3.8) is 0 Å². The van der Waals surface area contributed by atoms with Crippen LogP contribution >= 0.6 is 11.3 Å². The zero-order valence-corrected chi connectivity index (χ0v) is 14.8. The summed E-state index contributed by atoms with van der Waals surface area (Å²) in [6.07, 6.45) is 0. The Hall–Kier alpha value is -2.51. The molecule has 3 rings (SSSR count). The molecular weight excluding hydrogens is 362 g/mol. The van der Waals surface area contributed by atoms with E-state index in [1.165, 1.54) is 25.3 Å². The number of carbonyl (C=O) groups is 1. The summed E-state index contributed by atoms with van der Waals surface area (Å²) >= 11 is 1.15. The van der Waals surface area contributed by atoms with Crippen LogP contribution in [-0.4, -0.2) is 26.3 Å². The third-order valence-corrected chi connectivity index (χ3v) is 4.83. The van der Waals surface area contributed by atoms with E-state index in [4.69, 9.17) is 14.2 Å². The van der Waals surface area contributed by atoms with Crippen LogP contribution < -0.4 is 4.74 Å². The second-order valence-corrected chi connectivity index (χ2v) is 6.42. The summed E-state index contributed by atoms with van der Waals surface area (Å²) in [5.41, 5.74) is 0.464. The van der Waals surface area contributed by atoms with Crippen molar-refractivity contribution in [2.45, 2.75) is 6.61 Å². The third kappa shape index (κ3) is 3.84. The summed E-state index contributed by atoms with van der Waals surface area (Å²) in [5, 5.41) is 0.369. The molecule has 0 spiro atoms. The molecule has 0 aliphatic heterocycles. The van der Waals surface area contributed by atoms with Gasteiger partial charge in [-0.25, -0.2) is 13.6 Å². The molecule has 1 heterocycles. The molecule has 0 bridgehead atoms. The summed E-state index contributed by atoms with van der Waals surface area (Å²) in [6, 6.07) is 10.6. The normalized spacial score (nSPS) is 10.9. The highest BCUT2D eigenvalue weighted by atomic mass is 32.1. The maximum Gasteiger partial charge on any atom is 0.348 e. The van der Waals surface area contributed by atoms with Gasteiger partial charge in [-0.15, -0.1) is 11.3 Å². The van der Waals surface area contributed by atoms with Crippen LogP contribution in [0.15, 0.2) is 42.5 Å². The molecular formula is C19H16F2O4S. The summed E-state index contributed by atoms with van der Waals surface area (Å²) in [4.78, 5) is 12.7. The van der Waals surface area contributed by atoms with Gasteiger partial charge in [-0.2, -0.15) is 0 Å². The smallest absolute Gasteiger partial charge is 0.348 e. The zero-order valence-electron chi connectivity index (χ0n) is 14.0. The first-order valence-electron chi connectivity index (χ1n) is 7.85. The molecule has 0 saturated heterocycles. The second kappa shape index (κ2) is 8.25. The molecule has 0 N–H and O–H groups in total. The maximum absolute atomic E-state index is 14.1. The van der Waals surface area contributed by atoms with Gasteiger partial charge < -0.3 is 14.2 Å². The number of benzene rings is 2. The highest BCUT2D eigenvalue weighted by Gasteiger charge is 2.21. The topological polar surface area (TPSA) is 44.8 Å². The number of carbonyl (C=O) groups excluding carboxylic acids is 1. The molecule has 0 unspecified atom stereocenters. The maximum atomic E-state index is 14.1. The van der Waals surface area contributed by atoms with Crippen molar-refractivity contribution in [2.75, 3.05) is 20.3 Å². The van der Waals surface area contributed by atoms with Gasteiger partial charge in [0.25, 0.3) is 0 Å². The van der Waals surface area contributed by atoms with Gasteiger partial charge in [0.15, 0.2) is 11.6 Å². The van der Waals surface area contributed by atoms with E-state index in [1.807, 2.05) is 0 Å². The van der Waals surface area contributed by atoms with Gasteiger partial charge in [-0.3, -0.25) is 0 Å². The van der Waals surface area contributed by atoms with Crippen LogP contribution in [0, 0.1) is 11.6 Å². The van der Waals surface area contributed by atoms with E-state index in [0.717, 1.165) is 11.3 Å². The number of hydrogen-bond donors (Lipinski definition) is 0. The van der Waals surface area contributed by atoms with Crippen LogP contribution in [0.2, 0.25) is 0 Å². The fraction of sp³-hybridized carbons (Fsp3) is 0.211. The molecule has 0 aliphatic rings. The molecule has 2 aromatic carbocycles. The Labute approximate surface area is 152 Å². The summed E-state index contributed by atoms with van der Waals surface area (Å²) < 4.78 is 43.8. The van der Waals surface area contributed by atoms with Crippen molar-refractivity contribution in [1.29, 1.82) is 0 Å². The fourth-order valence-electron chi connectivity index (χ4n) is 2.53. The molecule has 0 saturated carbocycles. The molecule has 26 heavy (non-hydrogen) atoms. The number of ether oxygens (including phenoxy) is 3. The molecule has 0 radical (unpaired) electrons. The Kier molecular flexibility index (Phi) is 5.80. The molecule has 1 aromatic heterocycles. The molecule has 4 nitrogen and oxygen atoms in total. The predicted molar refractivity (Wildman–Crippen MR) is 94.7 cm³/mol. The molecule has 3 aromatic rings. The molecule has 136 valence electrons. The van der Waals surface area contributed by atoms with Crippen LogP contribution in [0.3, 0.4) is 0 Å². The van der Waals surface area contributed by atoms with Gasteiger partial charge in [0.1, 0.15) is 23.9 Å². The van der Waals surface area contributed by atoms with Crippen molar-refractivity contribution >= 4 is 27.4 Å². The largest absolute Gasteiger partial charge is 0.487 e. The first-order chi connectivity index (χ1) is 12.6. The summed E-state index contributed by atoms with van der Waals surface area (Å²) in [6.45, 7) is 0.0406. The lowest BCUT2D eigenvalue weighted by molar-refractivity contribution is 0.0450. The van der Waals surface area contributed by atoms with Crippen LogP contribution in [0.25, 0.3) is 10.1 Å². The number of halogens is 2. The standard InChI is InChI=1S/C19H16F2O4S/c1-23-11-12-17-14(21)6-4-8-16(17)26-18(12)19(22)25-10-9-24-15-7-3-2-5-13(15)20/h2-8H,9-11H2,1H3. The Morgan fingerprint density at radius 1 is 1.04 bits per heavy atom. The van der Waals surface area contributed by atoms with Crippen molar-refractivity contribution in [3.05, 3.63) is 64.5 Å². The van der Waals surface area contributed by atoms with Gasteiger partial charge >= 0.3 is 5.97 Å². The predicted octanol–water partition coefficient (Wildman–Crippen LogP) is 4.56. The van der Waals surface area contributed by atoms with Crippen LogP contribution in [0.5, 0.6) is 5.75 Å². The minimum absolute atomic E-state index is 0.00550. The number of hydrogen-bond acceptors (Lipinski definition) is 5. The number of esters is 1. The first kappa shape index (κ1) is 18.3. The Bertz CT molecular complexity index is 923. The van der Waals surface area contributed by atoms with E-state index < -0.39 is 17.6 Å². The molecule has 0 fully saturated rings. The van der Waals surface area contributed by atoms with E-state index in [-0.39, 0.29) is 30.4 Å². The van der Waals surface area contributed by atoms with Gasteiger partial charge in [0.2, 0.25) is 0 Å². The number of methoxy groups -OCH3 is 1. The number of thiophene rings is 1. The first-order valence-corrected chi connectivity index (χ1v) is 8.66. The van der Waals surface area contributed by atoms with E-state index in [0.29, 0.717) is 15.6 Å². The molecule has 0 atom stereocenters. The SMILES string of the molecule is COCc1c(C(=O)OCCOc2ccccc2F)sc2cccc(F)c12. The van der Waals surface area contributed by atoms with Crippen molar-refractivity contribution in [3.8, 4) is 5.75 Å². The molecule has 7 heteroatoms. The quantitative estimate of drug-likeness (QED) is 0.447. The van der Waals surface area contributed by atoms with Gasteiger partial charge in [0.05, 0.1) is 6.61 Å². The summed E-state index contributed by atoms with van der Waals surface area (Å²) in [7, 11) is 1.47. The lowest BCUT2D eigenvalue weighted by atomic mass is 10.1. The minimum atomic E-state index is -0.588. The lowest BCUT2D eigenvalue weighted by Crippen LogP contribution is -2.13. The van der Waals surface area contributed by atoms with Crippen LogP contribution in [0.4, 0.5) is 8.78 Å². The highest BCUT2D eigenvalue weighted by Crippen LogP contribution is 2.34. The third-order valence-electron chi connectivity index (χ3n) is 3.65. The monoisotopic (exact) mass is 378 g/mol. The van der Waals surface area contributed by atoms with Crippen molar-refractivity contribution < 1.29 is 27.8 Å². The van der Waals surface area contributed by atoms with E-state index >= 15 is 0 Å². The van der Waals surface area contributed by atoms with Crippen molar-refractivity contribution in [2.24, 2.45) is 0 Å². The fourth-order valence-corrected chi connectivity index (χ4v) is 3.64. The second-order valence-electron chi connectivity index (χ2n) is 5.37. The number of fused-ring (bicyclic) bond motifs is 1. The van der Waals surface area contributed by atoms with E-state index in [9.17, 15) is 13.6 Å². The minimum Gasteiger partial charge on any atom is -0.487 e. The summed E-state index contributed by atoms with van der Waals surface area (Å²) in [5.74, 6) is -1.39. The molecule has 0 amide bonds. The lowest BCUT2D eigenvalue weighted by Gasteiger charge is -2.08. The van der Waals surface area contributed by atoms with Crippen LogP contribution in [-0.2, 0) is 16.1 Å². The van der Waals surface area contributed by atoms with Crippen LogP contribution in [0.1, 0.15) is 15.2 Å². The van der Waals surface area contributed by atoms with E-state index in [2.05, 4.69) is 0 Å². The highest BCUT2D eigenvalue weighted by molar-refractivity contribution is 7.21.